The Balaban J connectivity index is 1.40. The van der Waals surface area contributed by atoms with Gasteiger partial charge in [-0.15, -0.1) is 11.3 Å². The molecule has 150 valence electrons. The summed E-state index contributed by atoms with van der Waals surface area (Å²) in [6.45, 7) is 2.48. The molecular formula is C21H28N4O2S. The van der Waals surface area contributed by atoms with E-state index in [1.807, 2.05) is 36.4 Å². The maximum absolute atomic E-state index is 12.3. The number of hydrogen-bond donors (Lipinski definition) is 3. The van der Waals surface area contributed by atoms with Crippen LogP contribution in [0.1, 0.15) is 24.1 Å². The van der Waals surface area contributed by atoms with Crippen LogP contribution in [0.2, 0.25) is 0 Å². The van der Waals surface area contributed by atoms with Gasteiger partial charge in [-0.3, -0.25) is 9.69 Å². The number of piperidine rings is 1. The first-order valence-electron chi connectivity index (χ1n) is 9.84. The second kappa shape index (κ2) is 10.8. The minimum atomic E-state index is -0.211. The molecule has 0 saturated carbocycles. The second-order valence-electron chi connectivity index (χ2n) is 7.00. The Morgan fingerprint density at radius 3 is 2.71 bits per heavy atom. The van der Waals surface area contributed by atoms with Crippen LogP contribution in [-0.4, -0.2) is 49.1 Å². The van der Waals surface area contributed by atoms with Gasteiger partial charge in [0, 0.05) is 29.7 Å². The first-order valence-corrected chi connectivity index (χ1v) is 10.7. The van der Waals surface area contributed by atoms with Gasteiger partial charge in [-0.2, -0.15) is 0 Å². The highest BCUT2D eigenvalue weighted by Crippen LogP contribution is 2.16. The summed E-state index contributed by atoms with van der Waals surface area (Å²) in [7, 11) is 0. The molecule has 1 aromatic carbocycles. The summed E-state index contributed by atoms with van der Waals surface area (Å²) in [6, 6.07) is 13.5. The highest BCUT2D eigenvalue weighted by Gasteiger charge is 2.24. The van der Waals surface area contributed by atoms with Crippen LogP contribution in [0.25, 0.3) is 0 Å². The topological polar surface area (TPSA) is 73.5 Å². The molecule has 3 N–H and O–H groups in total. The van der Waals surface area contributed by atoms with Crippen molar-refractivity contribution in [2.75, 3.05) is 31.5 Å². The van der Waals surface area contributed by atoms with E-state index >= 15 is 0 Å². The third-order valence-corrected chi connectivity index (χ3v) is 5.84. The largest absolute Gasteiger partial charge is 0.355 e. The molecule has 28 heavy (non-hydrogen) atoms. The average Bonchev–Trinajstić information content (AvgIpc) is 3.21. The predicted molar refractivity (Wildman–Crippen MR) is 114 cm³/mol. The molecule has 3 amide bonds. The van der Waals surface area contributed by atoms with Crippen LogP contribution in [0.15, 0.2) is 47.8 Å². The van der Waals surface area contributed by atoms with E-state index in [0.29, 0.717) is 19.6 Å². The van der Waals surface area contributed by atoms with Gasteiger partial charge in [0.1, 0.15) is 0 Å². The Labute approximate surface area is 170 Å². The zero-order chi connectivity index (χ0) is 19.6. The van der Waals surface area contributed by atoms with Crippen LogP contribution in [0.3, 0.4) is 0 Å². The van der Waals surface area contributed by atoms with Gasteiger partial charge in [0.15, 0.2) is 0 Å². The molecule has 0 bridgehead atoms. The fourth-order valence-corrected chi connectivity index (χ4v) is 4.14. The van der Waals surface area contributed by atoms with E-state index in [-0.39, 0.29) is 18.0 Å². The molecule has 1 atom stereocenters. The Morgan fingerprint density at radius 1 is 1.07 bits per heavy atom. The van der Waals surface area contributed by atoms with Crippen molar-refractivity contribution in [2.24, 2.45) is 0 Å². The number of thiophene rings is 1. The lowest BCUT2D eigenvalue weighted by Crippen LogP contribution is -2.50. The van der Waals surface area contributed by atoms with Crippen LogP contribution in [-0.2, 0) is 11.2 Å². The number of carbonyl (C=O) groups is 2. The van der Waals surface area contributed by atoms with Crippen molar-refractivity contribution in [1.29, 1.82) is 0 Å². The first kappa shape index (κ1) is 20.4. The number of rotatable bonds is 8. The fourth-order valence-electron chi connectivity index (χ4n) is 3.43. The number of urea groups is 1. The predicted octanol–water partition coefficient (Wildman–Crippen LogP) is 3.08. The molecule has 1 aromatic heterocycles. The van der Waals surface area contributed by atoms with Crippen molar-refractivity contribution in [2.45, 2.75) is 31.7 Å². The minimum Gasteiger partial charge on any atom is -0.355 e. The van der Waals surface area contributed by atoms with Crippen molar-refractivity contribution >= 4 is 29.0 Å². The lowest BCUT2D eigenvalue weighted by Gasteiger charge is -2.35. The smallest absolute Gasteiger partial charge is 0.319 e. The molecule has 0 aliphatic carbocycles. The van der Waals surface area contributed by atoms with Gasteiger partial charge in [0.2, 0.25) is 5.91 Å². The molecule has 6 nitrogen and oxygen atoms in total. The summed E-state index contributed by atoms with van der Waals surface area (Å²) < 4.78 is 0. The normalized spacial score (nSPS) is 17.1. The van der Waals surface area contributed by atoms with E-state index in [1.54, 1.807) is 11.3 Å². The number of para-hydroxylation sites is 1. The van der Waals surface area contributed by atoms with Gasteiger partial charge in [-0.25, -0.2) is 4.79 Å². The molecule has 1 saturated heterocycles. The summed E-state index contributed by atoms with van der Waals surface area (Å²) in [5, 5.41) is 10.8. The number of hydrogen-bond acceptors (Lipinski definition) is 4. The van der Waals surface area contributed by atoms with Gasteiger partial charge >= 0.3 is 6.03 Å². The molecule has 1 unspecified atom stereocenters. The van der Waals surface area contributed by atoms with Crippen LogP contribution in [0, 0.1) is 0 Å². The zero-order valence-electron chi connectivity index (χ0n) is 16.0. The van der Waals surface area contributed by atoms with Crippen LogP contribution < -0.4 is 16.0 Å². The molecule has 2 heterocycles. The van der Waals surface area contributed by atoms with Crippen molar-refractivity contribution in [3.8, 4) is 0 Å². The van der Waals surface area contributed by atoms with Crippen molar-refractivity contribution in [1.82, 2.24) is 15.5 Å². The third-order valence-electron chi connectivity index (χ3n) is 4.90. The summed E-state index contributed by atoms with van der Waals surface area (Å²) in [6.07, 6.45) is 4.08. The SMILES string of the molecule is O=C(CN1CCCCC1CNC(=O)Nc1ccccc1)NCCc1cccs1. The molecule has 1 aliphatic rings. The Bertz CT molecular complexity index is 736. The molecule has 2 aromatic rings. The minimum absolute atomic E-state index is 0.0530. The number of likely N-dealkylation sites (tertiary alicyclic amines) is 1. The summed E-state index contributed by atoms with van der Waals surface area (Å²) in [5.74, 6) is 0.0530. The van der Waals surface area contributed by atoms with Gasteiger partial charge < -0.3 is 16.0 Å². The summed E-state index contributed by atoms with van der Waals surface area (Å²) in [5.41, 5.74) is 0.769. The lowest BCUT2D eigenvalue weighted by atomic mass is 10.0. The number of carbonyl (C=O) groups excluding carboxylic acids is 2. The fraction of sp³-hybridized carbons (Fsp3) is 0.429. The molecule has 1 fully saturated rings. The standard InChI is InChI=1S/C21H28N4O2S/c26-20(22-12-11-19-10-6-14-28-19)16-25-13-5-4-9-18(25)15-23-21(27)24-17-7-2-1-3-8-17/h1-3,6-8,10,14,18H,4-5,9,11-13,15-16H2,(H,22,26)(H2,23,24,27). The first-order chi connectivity index (χ1) is 13.7. The van der Waals surface area contributed by atoms with E-state index < -0.39 is 0 Å². The molecular weight excluding hydrogens is 372 g/mol. The Hall–Kier alpha value is -2.38. The number of nitrogens with zero attached hydrogens (tertiary/aromatic N) is 1. The summed E-state index contributed by atoms with van der Waals surface area (Å²) in [4.78, 5) is 27.9. The van der Waals surface area contributed by atoms with E-state index in [1.165, 1.54) is 4.88 Å². The van der Waals surface area contributed by atoms with Crippen LogP contribution in [0.5, 0.6) is 0 Å². The van der Waals surface area contributed by atoms with Crippen molar-refractivity contribution < 1.29 is 9.59 Å². The number of amides is 3. The average molecular weight is 401 g/mol. The Kier molecular flexibility index (Phi) is 7.87. The molecule has 0 spiro atoms. The number of nitrogens with one attached hydrogen (secondary N) is 3. The van der Waals surface area contributed by atoms with Gasteiger partial charge in [-0.1, -0.05) is 30.7 Å². The highest BCUT2D eigenvalue weighted by atomic mass is 32.1. The van der Waals surface area contributed by atoms with E-state index in [4.69, 9.17) is 0 Å². The number of benzene rings is 1. The molecule has 1 aliphatic heterocycles. The maximum atomic E-state index is 12.3. The molecule has 0 radical (unpaired) electrons. The van der Waals surface area contributed by atoms with Crippen LogP contribution in [0.4, 0.5) is 10.5 Å². The van der Waals surface area contributed by atoms with E-state index in [2.05, 4.69) is 32.3 Å². The van der Waals surface area contributed by atoms with E-state index in [0.717, 1.165) is 37.9 Å². The van der Waals surface area contributed by atoms with Crippen molar-refractivity contribution in [3.63, 3.8) is 0 Å². The lowest BCUT2D eigenvalue weighted by molar-refractivity contribution is -0.123. The quantitative estimate of drug-likeness (QED) is 0.638. The van der Waals surface area contributed by atoms with Gasteiger partial charge in [-0.05, 0) is 49.4 Å². The summed E-state index contributed by atoms with van der Waals surface area (Å²) >= 11 is 1.71. The number of anilines is 1. The third kappa shape index (κ3) is 6.65. The van der Waals surface area contributed by atoms with E-state index in [9.17, 15) is 9.59 Å². The molecule has 7 heteroatoms. The second-order valence-corrected chi connectivity index (χ2v) is 8.03. The van der Waals surface area contributed by atoms with Crippen molar-refractivity contribution in [3.05, 3.63) is 52.7 Å². The molecule has 3 rings (SSSR count). The monoisotopic (exact) mass is 400 g/mol. The van der Waals surface area contributed by atoms with Crippen LogP contribution >= 0.6 is 11.3 Å². The van der Waals surface area contributed by atoms with Gasteiger partial charge in [0.05, 0.1) is 6.54 Å². The highest BCUT2D eigenvalue weighted by molar-refractivity contribution is 7.09. The van der Waals surface area contributed by atoms with Gasteiger partial charge in [0.25, 0.3) is 0 Å². The Morgan fingerprint density at radius 2 is 1.93 bits per heavy atom. The zero-order valence-corrected chi connectivity index (χ0v) is 16.8. The maximum Gasteiger partial charge on any atom is 0.319 e.